The topological polar surface area (TPSA) is 115 Å². The van der Waals surface area contributed by atoms with E-state index in [1.165, 1.54) is 19.1 Å². The molecule has 1 N–H and O–H groups in total. The van der Waals surface area contributed by atoms with Gasteiger partial charge >= 0.3 is 11.9 Å². The molecule has 0 aliphatic carbocycles. The van der Waals surface area contributed by atoms with Crippen molar-refractivity contribution in [3.63, 3.8) is 0 Å². The Kier molecular flexibility index (Phi) is 7.40. The summed E-state index contributed by atoms with van der Waals surface area (Å²) in [5, 5.41) is 11.4. The number of carbonyl (C=O) groups excluding carboxylic acids is 3. The van der Waals surface area contributed by atoms with Crippen LogP contribution in [0, 0.1) is 6.92 Å². The predicted octanol–water partition coefficient (Wildman–Crippen LogP) is 4.44. The molecule has 4 rings (SSSR count). The van der Waals surface area contributed by atoms with Crippen molar-refractivity contribution in [2.45, 2.75) is 13.0 Å². The first kappa shape index (κ1) is 25.6. The number of ether oxygens (including phenoxy) is 3. The smallest absolute Gasteiger partial charge is 0.350 e. The Morgan fingerprint density at radius 3 is 2.54 bits per heavy atom. The number of amides is 1. The van der Waals surface area contributed by atoms with Gasteiger partial charge in [-0.3, -0.25) is 14.5 Å². The van der Waals surface area contributed by atoms with Gasteiger partial charge in [-0.05, 0) is 36.8 Å². The fourth-order valence-corrected chi connectivity index (χ4v) is 4.95. The number of aliphatic hydroxyl groups is 1. The van der Waals surface area contributed by atoms with Crippen LogP contribution in [0.4, 0.5) is 5.13 Å². The first-order valence-corrected chi connectivity index (χ1v) is 12.0. The van der Waals surface area contributed by atoms with Gasteiger partial charge in [0.15, 0.2) is 5.13 Å². The molecular weight excluding hydrogens is 496 g/mol. The number of hydrogen-bond acceptors (Lipinski definition) is 9. The molecule has 2 heterocycles. The molecule has 1 atom stereocenters. The average molecular weight is 521 g/mol. The largest absolute Gasteiger partial charge is 0.507 e. The van der Waals surface area contributed by atoms with Gasteiger partial charge in [0.05, 0.1) is 31.5 Å². The van der Waals surface area contributed by atoms with Crippen LogP contribution in [0.25, 0.3) is 5.76 Å². The third-order valence-corrected chi connectivity index (χ3v) is 6.85. The third-order valence-electron chi connectivity index (χ3n) is 5.71. The van der Waals surface area contributed by atoms with Gasteiger partial charge in [-0.15, -0.1) is 0 Å². The summed E-state index contributed by atoms with van der Waals surface area (Å²) in [6, 6.07) is 12.3. The van der Waals surface area contributed by atoms with Crippen LogP contribution in [-0.4, -0.2) is 48.6 Å². The first-order chi connectivity index (χ1) is 17.8. The van der Waals surface area contributed by atoms with E-state index in [4.69, 9.17) is 14.2 Å². The van der Waals surface area contributed by atoms with Gasteiger partial charge in [-0.1, -0.05) is 48.3 Å². The Morgan fingerprint density at radius 2 is 1.89 bits per heavy atom. The number of esters is 1. The lowest BCUT2D eigenvalue weighted by Gasteiger charge is -2.23. The minimum absolute atomic E-state index is 0.120. The number of thiazole rings is 1. The summed E-state index contributed by atoms with van der Waals surface area (Å²) in [5.74, 6) is -1.70. The van der Waals surface area contributed by atoms with E-state index >= 15 is 0 Å². The summed E-state index contributed by atoms with van der Waals surface area (Å²) in [6.07, 6.45) is 1.61. The monoisotopic (exact) mass is 520 g/mol. The van der Waals surface area contributed by atoms with E-state index in [2.05, 4.69) is 11.6 Å². The molecule has 2 aromatic carbocycles. The van der Waals surface area contributed by atoms with Gasteiger partial charge in [0.2, 0.25) is 0 Å². The molecule has 0 spiro atoms. The van der Waals surface area contributed by atoms with Gasteiger partial charge in [-0.25, -0.2) is 9.78 Å². The van der Waals surface area contributed by atoms with E-state index in [9.17, 15) is 19.5 Å². The third kappa shape index (κ3) is 4.83. The molecule has 1 saturated heterocycles. The predicted molar refractivity (Wildman–Crippen MR) is 138 cm³/mol. The van der Waals surface area contributed by atoms with Crippen LogP contribution in [0.3, 0.4) is 0 Å². The van der Waals surface area contributed by atoms with Crippen LogP contribution in [0.15, 0.2) is 66.8 Å². The maximum absolute atomic E-state index is 13.3. The molecule has 190 valence electrons. The number of rotatable bonds is 8. The number of hydrogen-bond donors (Lipinski definition) is 1. The van der Waals surface area contributed by atoms with Crippen molar-refractivity contribution in [3.05, 3.63) is 88.5 Å². The minimum Gasteiger partial charge on any atom is -0.507 e. The molecular formula is C27H24N2O7S. The Hall–Kier alpha value is -4.44. The van der Waals surface area contributed by atoms with Crippen molar-refractivity contribution in [3.8, 4) is 11.5 Å². The highest BCUT2D eigenvalue weighted by Crippen LogP contribution is 2.44. The second-order valence-corrected chi connectivity index (χ2v) is 8.95. The fraction of sp³-hybridized carbons (Fsp3) is 0.185. The summed E-state index contributed by atoms with van der Waals surface area (Å²) in [5.41, 5.74) is 1.07. The minimum atomic E-state index is -1.02. The van der Waals surface area contributed by atoms with Crippen LogP contribution in [0.5, 0.6) is 11.5 Å². The van der Waals surface area contributed by atoms with Gasteiger partial charge < -0.3 is 19.3 Å². The van der Waals surface area contributed by atoms with Crippen LogP contribution in [0.2, 0.25) is 0 Å². The normalized spacial score (nSPS) is 16.5. The molecule has 1 aliphatic heterocycles. The highest BCUT2D eigenvalue weighted by Gasteiger charge is 2.48. The SMILES string of the molecule is C=CCOc1ccc(C2/C(=C(\O)c3cccc(OC)c3)C(=O)C(=O)N2c2nc(C)c(C(=O)OC)s2)cc1. The molecule has 1 aromatic heterocycles. The molecule has 0 radical (unpaired) electrons. The highest BCUT2D eigenvalue weighted by molar-refractivity contribution is 7.17. The molecule has 3 aromatic rings. The van der Waals surface area contributed by atoms with Gasteiger partial charge in [0.25, 0.3) is 5.78 Å². The zero-order chi connectivity index (χ0) is 26.7. The zero-order valence-corrected chi connectivity index (χ0v) is 21.2. The number of methoxy groups -OCH3 is 2. The number of nitrogens with zero attached hydrogens (tertiary/aromatic N) is 2. The standard InChI is InChI=1S/C27H24N2O7S/c1-5-13-36-18-11-9-16(10-12-18)21-20(22(30)17-7-6-8-19(14-17)34-3)23(31)25(32)29(21)27-28-15(2)24(37-27)26(33)35-4/h5-12,14,21,30H,1,13H2,2-4H3/b22-20+. The fourth-order valence-electron chi connectivity index (χ4n) is 3.94. The molecule has 0 bridgehead atoms. The lowest BCUT2D eigenvalue weighted by molar-refractivity contribution is -0.132. The van der Waals surface area contributed by atoms with E-state index in [1.54, 1.807) is 61.5 Å². The number of ketones is 1. The summed E-state index contributed by atoms with van der Waals surface area (Å²) in [6.45, 7) is 5.55. The van der Waals surface area contributed by atoms with Crippen molar-refractivity contribution in [1.29, 1.82) is 0 Å². The molecule has 9 nitrogen and oxygen atoms in total. The van der Waals surface area contributed by atoms with Gasteiger partial charge in [-0.2, -0.15) is 0 Å². The van der Waals surface area contributed by atoms with Gasteiger partial charge in [0, 0.05) is 5.56 Å². The molecule has 1 amide bonds. The summed E-state index contributed by atoms with van der Waals surface area (Å²) >= 11 is 0.931. The van der Waals surface area contributed by atoms with Crippen molar-refractivity contribution >= 4 is 39.9 Å². The zero-order valence-electron chi connectivity index (χ0n) is 20.4. The Balaban J connectivity index is 1.90. The van der Waals surface area contributed by atoms with E-state index in [1.807, 2.05) is 0 Å². The number of benzene rings is 2. The number of carbonyl (C=O) groups is 3. The highest BCUT2D eigenvalue weighted by atomic mass is 32.1. The number of aryl methyl sites for hydroxylation is 1. The number of Topliss-reactive ketones (excluding diaryl/α,β-unsaturated/α-hetero) is 1. The van der Waals surface area contributed by atoms with Crippen molar-refractivity contribution in [2.75, 3.05) is 25.7 Å². The number of aliphatic hydroxyl groups excluding tert-OH is 1. The van der Waals surface area contributed by atoms with E-state index in [0.29, 0.717) is 34.9 Å². The summed E-state index contributed by atoms with van der Waals surface area (Å²) < 4.78 is 15.6. The average Bonchev–Trinajstić information content (AvgIpc) is 3.43. The Labute approximate surface area is 217 Å². The molecule has 1 fully saturated rings. The Morgan fingerprint density at radius 1 is 1.16 bits per heavy atom. The van der Waals surface area contributed by atoms with Crippen LogP contribution >= 0.6 is 11.3 Å². The number of anilines is 1. The van der Waals surface area contributed by atoms with Crippen LogP contribution < -0.4 is 14.4 Å². The second kappa shape index (κ2) is 10.7. The summed E-state index contributed by atoms with van der Waals surface area (Å²) in [4.78, 5) is 44.7. The quantitative estimate of drug-likeness (QED) is 0.152. The van der Waals surface area contributed by atoms with E-state index in [0.717, 1.165) is 11.3 Å². The van der Waals surface area contributed by atoms with Crippen molar-refractivity contribution < 1.29 is 33.7 Å². The molecule has 1 unspecified atom stereocenters. The van der Waals surface area contributed by atoms with Gasteiger partial charge in [0.1, 0.15) is 28.7 Å². The summed E-state index contributed by atoms with van der Waals surface area (Å²) in [7, 11) is 2.73. The maximum atomic E-state index is 13.3. The molecule has 0 saturated carbocycles. The van der Waals surface area contributed by atoms with E-state index in [-0.39, 0.29) is 21.3 Å². The van der Waals surface area contributed by atoms with Crippen LogP contribution in [-0.2, 0) is 14.3 Å². The lowest BCUT2D eigenvalue weighted by Crippen LogP contribution is -2.29. The van der Waals surface area contributed by atoms with Crippen LogP contribution in [0.1, 0.15) is 32.5 Å². The van der Waals surface area contributed by atoms with Crippen molar-refractivity contribution in [1.82, 2.24) is 4.98 Å². The number of aromatic nitrogens is 1. The second-order valence-electron chi connectivity index (χ2n) is 7.97. The van der Waals surface area contributed by atoms with E-state index < -0.39 is 23.7 Å². The van der Waals surface area contributed by atoms with Crippen molar-refractivity contribution in [2.24, 2.45) is 0 Å². The molecule has 10 heteroatoms. The molecule has 1 aliphatic rings. The maximum Gasteiger partial charge on any atom is 0.350 e. The molecule has 37 heavy (non-hydrogen) atoms. The Bertz CT molecular complexity index is 1410. The lowest BCUT2D eigenvalue weighted by atomic mass is 9.95. The first-order valence-electron chi connectivity index (χ1n) is 11.2.